The van der Waals surface area contributed by atoms with Gasteiger partial charge in [0.1, 0.15) is 0 Å². The van der Waals surface area contributed by atoms with Gasteiger partial charge in [0.25, 0.3) is 0 Å². The van der Waals surface area contributed by atoms with Crippen molar-refractivity contribution in [1.29, 1.82) is 0 Å². The summed E-state index contributed by atoms with van der Waals surface area (Å²) in [6.07, 6.45) is 0. The smallest absolute Gasteiger partial charge is 0.161 e. The molecule has 0 saturated heterocycles. The third-order valence-electron chi connectivity index (χ3n) is 1.64. The lowest BCUT2D eigenvalue weighted by molar-refractivity contribution is 0.625. The Morgan fingerprint density at radius 1 is 1.36 bits per heavy atom. The Labute approximate surface area is 77.3 Å². The number of halogens is 2. The van der Waals surface area contributed by atoms with Crippen molar-refractivity contribution < 1.29 is 4.39 Å². The van der Waals surface area contributed by atoms with Crippen LogP contribution < -0.4 is 10.6 Å². The molecule has 11 heavy (non-hydrogen) atoms. The molecule has 2 rings (SSSR count). The first-order chi connectivity index (χ1) is 5.29. The minimum absolute atomic E-state index is 0.159. The van der Waals surface area contributed by atoms with Gasteiger partial charge in [0.15, 0.2) is 5.82 Å². The Balaban J connectivity index is 2.62. The second-order valence-electron chi connectivity index (χ2n) is 2.31. The molecule has 0 spiro atoms. The minimum Gasteiger partial charge on any atom is -0.366 e. The van der Waals surface area contributed by atoms with Crippen LogP contribution >= 0.6 is 22.6 Å². The van der Waals surface area contributed by atoms with Gasteiger partial charge >= 0.3 is 0 Å². The molecule has 0 aliphatic carbocycles. The molecular weight excluding hydrogens is 258 g/mol. The quantitative estimate of drug-likeness (QED) is 0.702. The van der Waals surface area contributed by atoms with Crippen molar-refractivity contribution in [3.8, 4) is 0 Å². The topological polar surface area (TPSA) is 24.1 Å². The molecular formula is C7H6FIN2. The van der Waals surface area contributed by atoms with Gasteiger partial charge in [0.2, 0.25) is 0 Å². The fourth-order valence-corrected chi connectivity index (χ4v) is 1.55. The van der Waals surface area contributed by atoms with E-state index >= 15 is 0 Å². The molecule has 1 aliphatic heterocycles. The van der Waals surface area contributed by atoms with Crippen LogP contribution in [0.15, 0.2) is 12.1 Å². The highest BCUT2D eigenvalue weighted by Gasteiger charge is 2.15. The van der Waals surface area contributed by atoms with E-state index < -0.39 is 0 Å². The number of anilines is 2. The highest BCUT2D eigenvalue weighted by atomic mass is 127. The zero-order valence-electron chi connectivity index (χ0n) is 5.62. The molecule has 0 aromatic heterocycles. The lowest BCUT2D eigenvalue weighted by atomic mass is 10.3. The SMILES string of the molecule is Fc1c(I)ccc2c1NCN2. The third-order valence-corrected chi connectivity index (χ3v) is 2.47. The maximum atomic E-state index is 13.2. The number of rotatable bonds is 0. The summed E-state index contributed by atoms with van der Waals surface area (Å²) in [5.74, 6) is -0.159. The van der Waals surface area contributed by atoms with Crippen molar-refractivity contribution in [3.63, 3.8) is 0 Å². The average molecular weight is 264 g/mol. The van der Waals surface area contributed by atoms with Crippen molar-refractivity contribution in [2.75, 3.05) is 17.3 Å². The summed E-state index contributed by atoms with van der Waals surface area (Å²) in [7, 11) is 0. The van der Waals surface area contributed by atoms with E-state index in [1.165, 1.54) is 0 Å². The van der Waals surface area contributed by atoms with Crippen LogP contribution in [0.25, 0.3) is 0 Å². The standard InChI is InChI=1S/C7H6FIN2/c8-6-4(9)1-2-5-7(6)11-3-10-5/h1-2,10-11H,3H2. The van der Waals surface area contributed by atoms with Crippen LogP contribution in [0.3, 0.4) is 0 Å². The molecule has 1 heterocycles. The Kier molecular flexibility index (Phi) is 1.63. The monoisotopic (exact) mass is 264 g/mol. The van der Waals surface area contributed by atoms with Crippen molar-refractivity contribution >= 4 is 34.0 Å². The van der Waals surface area contributed by atoms with E-state index in [0.29, 0.717) is 15.9 Å². The summed E-state index contributed by atoms with van der Waals surface area (Å²) >= 11 is 1.97. The Hall–Kier alpha value is -0.520. The number of fused-ring (bicyclic) bond motifs is 1. The number of hydrogen-bond donors (Lipinski definition) is 2. The lowest BCUT2D eigenvalue weighted by Crippen LogP contribution is -1.99. The number of benzene rings is 1. The molecule has 0 atom stereocenters. The van der Waals surface area contributed by atoms with Crippen LogP contribution in [0, 0.1) is 9.39 Å². The summed E-state index contributed by atoms with van der Waals surface area (Å²) in [6.45, 7) is 0.617. The van der Waals surface area contributed by atoms with E-state index in [-0.39, 0.29) is 5.82 Å². The summed E-state index contributed by atoms with van der Waals surface area (Å²) < 4.78 is 13.8. The van der Waals surface area contributed by atoms with Crippen molar-refractivity contribution in [1.82, 2.24) is 0 Å². The molecule has 1 aromatic carbocycles. The Morgan fingerprint density at radius 2 is 2.18 bits per heavy atom. The van der Waals surface area contributed by atoms with Gasteiger partial charge in [0.05, 0.1) is 21.6 Å². The minimum atomic E-state index is -0.159. The van der Waals surface area contributed by atoms with Gasteiger partial charge in [-0.15, -0.1) is 0 Å². The second-order valence-corrected chi connectivity index (χ2v) is 3.48. The van der Waals surface area contributed by atoms with E-state index in [2.05, 4.69) is 10.6 Å². The molecule has 58 valence electrons. The van der Waals surface area contributed by atoms with Crippen LogP contribution in [-0.2, 0) is 0 Å². The molecule has 4 heteroatoms. The summed E-state index contributed by atoms with van der Waals surface area (Å²) in [6, 6.07) is 3.63. The second kappa shape index (κ2) is 2.51. The zero-order valence-corrected chi connectivity index (χ0v) is 7.78. The highest BCUT2D eigenvalue weighted by molar-refractivity contribution is 14.1. The van der Waals surface area contributed by atoms with E-state index in [9.17, 15) is 4.39 Å². The van der Waals surface area contributed by atoms with Crippen LogP contribution in [0.4, 0.5) is 15.8 Å². The molecule has 0 fully saturated rings. The summed E-state index contributed by atoms with van der Waals surface area (Å²) in [5, 5.41) is 5.93. The van der Waals surface area contributed by atoms with E-state index in [0.717, 1.165) is 5.69 Å². The van der Waals surface area contributed by atoms with Gasteiger partial charge in [-0.3, -0.25) is 0 Å². The van der Waals surface area contributed by atoms with Gasteiger partial charge < -0.3 is 10.6 Å². The van der Waals surface area contributed by atoms with E-state index in [1.54, 1.807) is 6.07 Å². The maximum Gasteiger partial charge on any atom is 0.161 e. The van der Waals surface area contributed by atoms with Gasteiger partial charge in [-0.1, -0.05) is 0 Å². The maximum absolute atomic E-state index is 13.2. The Bertz CT molecular complexity index is 301. The molecule has 0 radical (unpaired) electrons. The van der Waals surface area contributed by atoms with E-state index in [1.807, 2.05) is 28.7 Å². The molecule has 0 amide bonds. The first-order valence-electron chi connectivity index (χ1n) is 3.25. The van der Waals surface area contributed by atoms with Crippen LogP contribution in [-0.4, -0.2) is 6.67 Å². The molecule has 0 unspecified atom stereocenters. The number of hydrogen-bond acceptors (Lipinski definition) is 2. The van der Waals surface area contributed by atoms with Gasteiger partial charge in [-0.25, -0.2) is 4.39 Å². The normalized spacial score (nSPS) is 13.6. The predicted molar refractivity (Wildman–Crippen MR) is 51.2 cm³/mol. The summed E-state index contributed by atoms with van der Waals surface area (Å²) in [5.41, 5.74) is 1.44. The van der Waals surface area contributed by atoms with Crippen molar-refractivity contribution in [2.24, 2.45) is 0 Å². The Morgan fingerprint density at radius 3 is 3.00 bits per heavy atom. The predicted octanol–water partition coefficient (Wildman–Crippen LogP) is 2.23. The summed E-state index contributed by atoms with van der Waals surface area (Å²) in [4.78, 5) is 0. The van der Waals surface area contributed by atoms with Crippen LogP contribution in [0.5, 0.6) is 0 Å². The lowest BCUT2D eigenvalue weighted by Gasteiger charge is -2.00. The van der Waals surface area contributed by atoms with Crippen molar-refractivity contribution in [3.05, 3.63) is 21.5 Å². The highest BCUT2D eigenvalue weighted by Crippen LogP contribution is 2.31. The molecule has 1 aromatic rings. The fraction of sp³-hybridized carbons (Fsp3) is 0.143. The zero-order chi connectivity index (χ0) is 7.84. The van der Waals surface area contributed by atoms with Crippen molar-refractivity contribution in [2.45, 2.75) is 0 Å². The van der Waals surface area contributed by atoms with Crippen LogP contribution in [0.1, 0.15) is 0 Å². The third kappa shape index (κ3) is 1.05. The molecule has 0 saturated carbocycles. The molecule has 1 aliphatic rings. The van der Waals surface area contributed by atoms with E-state index in [4.69, 9.17) is 0 Å². The van der Waals surface area contributed by atoms with Gasteiger partial charge in [-0.2, -0.15) is 0 Å². The van der Waals surface area contributed by atoms with Crippen LogP contribution in [0.2, 0.25) is 0 Å². The van der Waals surface area contributed by atoms with Gasteiger partial charge in [0, 0.05) is 0 Å². The molecule has 0 bridgehead atoms. The van der Waals surface area contributed by atoms with Gasteiger partial charge in [-0.05, 0) is 34.7 Å². The first kappa shape index (κ1) is 7.15. The molecule has 2 N–H and O–H groups in total. The largest absolute Gasteiger partial charge is 0.366 e. The first-order valence-corrected chi connectivity index (χ1v) is 4.32. The molecule has 2 nitrogen and oxygen atoms in total. The fourth-order valence-electron chi connectivity index (χ4n) is 1.10. The number of nitrogens with one attached hydrogen (secondary N) is 2. The average Bonchev–Trinajstić information content (AvgIpc) is 2.45.